The zero-order chi connectivity index (χ0) is 10.5. The van der Waals surface area contributed by atoms with Gasteiger partial charge in [0.2, 0.25) is 0 Å². The molecule has 0 atom stereocenters. The second-order valence-corrected chi connectivity index (χ2v) is 3.05. The molecule has 0 radical (unpaired) electrons. The number of H-pyrrole nitrogens is 1. The lowest BCUT2D eigenvalue weighted by Gasteiger charge is -2.02. The average molecular weight is 202 g/mol. The van der Waals surface area contributed by atoms with Crippen LogP contribution in [0, 0.1) is 0 Å². The van der Waals surface area contributed by atoms with Gasteiger partial charge >= 0.3 is 5.97 Å². The number of rotatable bonds is 3. The Morgan fingerprint density at radius 3 is 2.80 bits per heavy atom. The Morgan fingerprint density at radius 1 is 1.33 bits per heavy atom. The van der Waals surface area contributed by atoms with Crippen LogP contribution >= 0.6 is 0 Å². The van der Waals surface area contributed by atoms with Gasteiger partial charge in [0.05, 0.1) is 11.8 Å². The molecule has 1 aromatic heterocycles. The molecule has 0 aliphatic carbocycles. The van der Waals surface area contributed by atoms with E-state index in [0.717, 1.165) is 5.56 Å². The Labute approximate surface area is 86.9 Å². The number of esters is 1. The number of aromatic nitrogens is 2. The van der Waals surface area contributed by atoms with Crippen LogP contribution in [0.15, 0.2) is 42.7 Å². The van der Waals surface area contributed by atoms with Crippen LogP contribution in [0.3, 0.4) is 0 Å². The summed E-state index contributed by atoms with van der Waals surface area (Å²) < 4.78 is 5.07. The van der Waals surface area contributed by atoms with E-state index in [-0.39, 0.29) is 12.6 Å². The second kappa shape index (κ2) is 4.41. The minimum Gasteiger partial charge on any atom is -0.457 e. The van der Waals surface area contributed by atoms with Crippen molar-refractivity contribution in [2.45, 2.75) is 6.61 Å². The predicted molar refractivity (Wildman–Crippen MR) is 54.1 cm³/mol. The van der Waals surface area contributed by atoms with Crippen molar-refractivity contribution >= 4 is 5.97 Å². The first kappa shape index (κ1) is 9.45. The Kier molecular flexibility index (Phi) is 2.78. The molecule has 0 aliphatic heterocycles. The van der Waals surface area contributed by atoms with E-state index in [1.54, 1.807) is 36.7 Å². The fourth-order valence-corrected chi connectivity index (χ4v) is 1.16. The molecule has 0 saturated carbocycles. The predicted octanol–water partition coefficient (Wildman–Crippen LogP) is 1.77. The summed E-state index contributed by atoms with van der Waals surface area (Å²) in [5.74, 6) is -0.322. The van der Waals surface area contributed by atoms with E-state index in [2.05, 4.69) is 10.2 Å². The van der Waals surface area contributed by atoms with Gasteiger partial charge in [0.1, 0.15) is 6.61 Å². The standard InChI is InChI=1S/C11H10N2O2/c14-11(10-4-2-1-3-5-10)15-8-9-6-12-13-7-9/h1-7H,8H2,(H,12,13). The van der Waals surface area contributed by atoms with Gasteiger partial charge in [0, 0.05) is 11.8 Å². The van der Waals surface area contributed by atoms with Crippen LogP contribution in [0.4, 0.5) is 0 Å². The molecule has 0 unspecified atom stereocenters. The van der Waals surface area contributed by atoms with Gasteiger partial charge in [-0.1, -0.05) is 18.2 Å². The molecule has 1 N–H and O–H groups in total. The molecule has 0 spiro atoms. The summed E-state index contributed by atoms with van der Waals surface area (Å²) in [5.41, 5.74) is 1.40. The van der Waals surface area contributed by atoms with Gasteiger partial charge in [-0.3, -0.25) is 5.10 Å². The quantitative estimate of drug-likeness (QED) is 0.771. The van der Waals surface area contributed by atoms with Gasteiger partial charge in [-0.15, -0.1) is 0 Å². The number of carbonyl (C=O) groups excluding carboxylic acids is 1. The third-order valence-electron chi connectivity index (χ3n) is 1.93. The minimum atomic E-state index is -0.322. The van der Waals surface area contributed by atoms with E-state index in [1.165, 1.54) is 0 Å². The molecule has 4 heteroatoms. The molecule has 0 fully saturated rings. The molecule has 1 aromatic carbocycles. The van der Waals surface area contributed by atoms with Crippen LogP contribution in [-0.4, -0.2) is 16.2 Å². The Bertz CT molecular complexity index is 423. The summed E-state index contributed by atoms with van der Waals surface area (Å²) in [7, 11) is 0. The highest BCUT2D eigenvalue weighted by atomic mass is 16.5. The van der Waals surface area contributed by atoms with E-state index in [0.29, 0.717) is 5.56 Å². The number of hydrogen-bond acceptors (Lipinski definition) is 3. The number of nitrogens with zero attached hydrogens (tertiary/aromatic N) is 1. The first-order valence-electron chi connectivity index (χ1n) is 4.56. The zero-order valence-electron chi connectivity index (χ0n) is 8.01. The largest absolute Gasteiger partial charge is 0.457 e. The molecular weight excluding hydrogens is 192 g/mol. The Balaban J connectivity index is 1.94. The maximum atomic E-state index is 11.5. The van der Waals surface area contributed by atoms with Crippen LogP contribution in [0.5, 0.6) is 0 Å². The summed E-state index contributed by atoms with van der Waals surface area (Å²) >= 11 is 0. The van der Waals surface area contributed by atoms with Gasteiger partial charge < -0.3 is 4.74 Å². The highest BCUT2D eigenvalue weighted by Crippen LogP contribution is 2.04. The molecule has 4 nitrogen and oxygen atoms in total. The van der Waals surface area contributed by atoms with Crippen LogP contribution in [0.25, 0.3) is 0 Å². The van der Waals surface area contributed by atoms with Crippen LogP contribution in [-0.2, 0) is 11.3 Å². The Hall–Kier alpha value is -2.10. The first-order valence-corrected chi connectivity index (χ1v) is 4.56. The van der Waals surface area contributed by atoms with Crippen molar-refractivity contribution in [1.29, 1.82) is 0 Å². The second-order valence-electron chi connectivity index (χ2n) is 3.05. The van der Waals surface area contributed by atoms with Crippen LogP contribution < -0.4 is 0 Å². The molecule has 0 amide bonds. The normalized spacial score (nSPS) is 9.87. The maximum absolute atomic E-state index is 11.5. The summed E-state index contributed by atoms with van der Waals surface area (Å²) in [6.07, 6.45) is 3.32. The lowest BCUT2D eigenvalue weighted by atomic mass is 10.2. The average Bonchev–Trinajstić information content (AvgIpc) is 2.80. The zero-order valence-corrected chi connectivity index (χ0v) is 8.01. The molecule has 1 heterocycles. The SMILES string of the molecule is O=C(OCc1cn[nH]c1)c1ccccc1. The summed E-state index contributed by atoms with van der Waals surface area (Å²) in [6, 6.07) is 8.89. The molecule has 76 valence electrons. The van der Waals surface area contributed by atoms with E-state index in [1.807, 2.05) is 6.07 Å². The van der Waals surface area contributed by atoms with Crippen molar-refractivity contribution in [2.24, 2.45) is 0 Å². The lowest BCUT2D eigenvalue weighted by molar-refractivity contribution is 0.0473. The van der Waals surface area contributed by atoms with Gasteiger partial charge in [0.25, 0.3) is 0 Å². The molecule has 15 heavy (non-hydrogen) atoms. The number of ether oxygens (including phenoxy) is 1. The van der Waals surface area contributed by atoms with Crippen molar-refractivity contribution in [1.82, 2.24) is 10.2 Å². The highest BCUT2D eigenvalue weighted by Gasteiger charge is 2.05. The van der Waals surface area contributed by atoms with Gasteiger partial charge in [-0.25, -0.2) is 4.79 Å². The fraction of sp³-hybridized carbons (Fsp3) is 0.0909. The summed E-state index contributed by atoms with van der Waals surface area (Å²) in [4.78, 5) is 11.5. The number of benzene rings is 1. The smallest absolute Gasteiger partial charge is 0.338 e. The molecule has 2 rings (SSSR count). The molecule has 2 aromatic rings. The van der Waals surface area contributed by atoms with Gasteiger partial charge in [-0.05, 0) is 12.1 Å². The maximum Gasteiger partial charge on any atom is 0.338 e. The third kappa shape index (κ3) is 2.43. The topological polar surface area (TPSA) is 55.0 Å². The Morgan fingerprint density at radius 2 is 2.13 bits per heavy atom. The fourth-order valence-electron chi connectivity index (χ4n) is 1.16. The number of nitrogens with one attached hydrogen (secondary N) is 1. The van der Waals surface area contributed by atoms with Gasteiger partial charge in [-0.2, -0.15) is 5.10 Å². The van der Waals surface area contributed by atoms with Crippen molar-refractivity contribution in [3.05, 3.63) is 53.9 Å². The minimum absolute atomic E-state index is 0.240. The van der Waals surface area contributed by atoms with Crippen LogP contribution in [0.2, 0.25) is 0 Å². The number of hydrogen-bond donors (Lipinski definition) is 1. The summed E-state index contributed by atoms with van der Waals surface area (Å²) in [6.45, 7) is 0.240. The monoisotopic (exact) mass is 202 g/mol. The lowest BCUT2D eigenvalue weighted by Crippen LogP contribution is -2.04. The van der Waals surface area contributed by atoms with E-state index < -0.39 is 0 Å². The highest BCUT2D eigenvalue weighted by molar-refractivity contribution is 5.89. The summed E-state index contributed by atoms with van der Waals surface area (Å²) in [5, 5.41) is 6.41. The van der Waals surface area contributed by atoms with Gasteiger partial charge in [0.15, 0.2) is 0 Å². The van der Waals surface area contributed by atoms with Crippen LogP contribution in [0.1, 0.15) is 15.9 Å². The number of aromatic amines is 1. The molecule has 0 saturated heterocycles. The molecule has 0 bridgehead atoms. The first-order chi connectivity index (χ1) is 7.36. The van der Waals surface area contributed by atoms with E-state index in [4.69, 9.17) is 4.74 Å². The van der Waals surface area contributed by atoms with E-state index in [9.17, 15) is 4.79 Å². The number of carbonyl (C=O) groups is 1. The van der Waals surface area contributed by atoms with Crippen molar-refractivity contribution in [2.75, 3.05) is 0 Å². The molecule has 0 aliphatic rings. The van der Waals surface area contributed by atoms with Crippen molar-refractivity contribution in [3.63, 3.8) is 0 Å². The third-order valence-corrected chi connectivity index (χ3v) is 1.93. The van der Waals surface area contributed by atoms with E-state index >= 15 is 0 Å². The van der Waals surface area contributed by atoms with Crippen molar-refractivity contribution < 1.29 is 9.53 Å². The van der Waals surface area contributed by atoms with Crippen molar-refractivity contribution in [3.8, 4) is 0 Å². The molecular formula is C11H10N2O2.